The molecule has 33 heavy (non-hydrogen) atoms. The van der Waals surface area contributed by atoms with Gasteiger partial charge in [0, 0.05) is 31.4 Å². The molecule has 3 aromatic rings. The third-order valence-corrected chi connectivity index (χ3v) is 6.63. The van der Waals surface area contributed by atoms with E-state index in [1.165, 1.54) is 18.5 Å². The summed E-state index contributed by atoms with van der Waals surface area (Å²) in [5.41, 5.74) is 2.71. The second-order valence-corrected chi connectivity index (χ2v) is 9.83. The summed E-state index contributed by atoms with van der Waals surface area (Å²) in [6.07, 6.45) is 3.19. The van der Waals surface area contributed by atoms with Gasteiger partial charge in [0.25, 0.3) is 0 Å². The second-order valence-electron chi connectivity index (χ2n) is 8.27. The summed E-state index contributed by atoms with van der Waals surface area (Å²) in [6, 6.07) is 10.1. The number of carbonyl (C=O) groups is 1. The molecule has 1 fully saturated rings. The number of hydrogen-bond acceptors (Lipinski definition) is 7. The van der Waals surface area contributed by atoms with Gasteiger partial charge in [-0.15, -0.1) is 0 Å². The van der Waals surface area contributed by atoms with Gasteiger partial charge in [-0.1, -0.05) is 12.1 Å². The van der Waals surface area contributed by atoms with Crippen LogP contribution in [0.5, 0.6) is 0 Å². The summed E-state index contributed by atoms with van der Waals surface area (Å²) >= 11 is 0. The highest BCUT2D eigenvalue weighted by Crippen LogP contribution is 2.23. The molecule has 1 atom stereocenters. The van der Waals surface area contributed by atoms with Gasteiger partial charge in [0.05, 0.1) is 16.5 Å². The van der Waals surface area contributed by atoms with Gasteiger partial charge in [0.1, 0.15) is 12.1 Å². The van der Waals surface area contributed by atoms with Crippen LogP contribution in [0.15, 0.2) is 47.6 Å². The molecule has 174 valence electrons. The fourth-order valence-electron chi connectivity index (χ4n) is 4.02. The number of carbonyl (C=O) groups excluding carboxylic acids is 1. The van der Waals surface area contributed by atoms with Gasteiger partial charge < -0.3 is 10.2 Å². The summed E-state index contributed by atoms with van der Waals surface area (Å²) in [6.45, 7) is 5.60. The van der Waals surface area contributed by atoms with Crippen LogP contribution in [-0.2, 0) is 21.4 Å². The van der Waals surface area contributed by atoms with E-state index in [0.29, 0.717) is 18.9 Å². The van der Waals surface area contributed by atoms with Crippen LogP contribution in [0.3, 0.4) is 0 Å². The SMILES string of the molecule is Cc1cc(C)n(-c2cc(N3CCCC(C(=O)NCc4ccc(S(N)(=O)=O)cc4)C3)ncn2)n1. The van der Waals surface area contributed by atoms with Crippen molar-refractivity contribution in [3.63, 3.8) is 0 Å². The van der Waals surface area contributed by atoms with Crippen LogP contribution >= 0.6 is 0 Å². The Balaban J connectivity index is 1.40. The fourth-order valence-corrected chi connectivity index (χ4v) is 4.53. The number of nitrogens with one attached hydrogen (secondary N) is 1. The molecule has 2 aromatic heterocycles. The van der Waals surface area contributed by atoms with Crippen molar-refractivity contribution in [3.8, 4) is 5.82 Å². The minimum atomic E-state index is -3.73. The number of anilines is 1. The van der Waals surface area contributed by atoms with Crippen LogP contribution in [0.1, 0.15) is 29.8 Å². The fraction of sp³-hybridized carbons (Fsp3) is 0.364. The van der Waals surface area contributed by atoms with Crippen molar-refractivity contribution in [1.29, 1.82) is 0 Å². The molecule has 3 N–H and O–H groups in total. The van der Waals surface area contributed by atoms with Crippen molar-refractivity contribution in [2.24, 2.45) is 11.1 Å². The molecule has 10 nitrogen and oxygen atoms in total. The second kappa shape index (κ2) is 9.28. The molecule has 0 radical (unpaired) electrons. The normalized spacial score (nSPS) is 16.6. The van der Waals surface area contributed by atoms with Gasteiger partial charge in [-0.2, -0.15) is 5.10 Å². The number of nitrogens with zero attached hydrogens (tertiary/aromatic N) is 5. The first kappa shape index (κ1) is 22.9. The lowest BCUT2D eigenvalue weighted by Gasteiger charge is -2.33. The van der Waals surface area contributed by atoms with Gasteiger partial charge in [-0.25, -0.2) is 28.2 Å². The summed E-state index contributed by atoms with van der Waals surface area (Å²) in [5.74, 6) is 1.25. The summed E-state index contributed by atoms with van der Waals surface area (Å²) in [7, 11) is -3.73. The molecule has 3 heterocycles. The molecule has 1 unspecified atom stereocenters. The molecule has 0 bridgehead atoms. The molecule has 1 aliphatic heterocycles. The number of sulfonamides is 1. The van der Waals surface area contributed by atoms with E-state index in [9.17, 15) is 13.2 Å². The van der Waals surface area contributed by atoms with Crippen LogP contribution in [0, 0.1) is 19.8 Å². The smallest absolute Gasteiger partial charge is 0.238 e. The van der Waals surface area contributed by atoms with Gasteiger partial charge >= 0.3 is 0 Å². The Labute approximate surface area is 192 Å². The van der Waals surface area contributed by atoms with E-state index in [-0.39, 0.29) is 16.7 Å². The highest BCUT2D eigenvalue weighted by atomic mass is 32.2. The maximum atomic E-state index is 12.8. The first-order valence-corrected chi connectivity index (χ1v) is 12.3. The predicted octanol–water partition coefficient (Wildman–Crippen LogP) is 1.46. The topological polar surface area (TPSA) is 136 Å². The van der Waals surface area contributed by atoms with E-state index in [4.69, 9.17) is 5.14 Å². The Morgan fingerprint density at radius 2 is 1.88 bits per heavy atom. The Kier molecular flexibility index (Phi) is 6.43. The van der Waals surface area contributed by atoms with E-state index < -0.39 is 10.0 Å². The van der Waals surface area contributed by atoms with Crippen LogP contribution in [0.2, 0.25) is 0 Å². The molecule has 11 heteroatoms. The zero-order valence-electron chi connectivity index (χ0n) is 18.6. The number of amides is 1. The average Bonchev–Trinajstić information content (AvgIpc) is 3.15. The maximum Gasteiger partial charge on any atom is 0.238 e. The quantitative estimate of drug-likeness (QED) is 0.558. The number of aromatic nitrogens is 4. The van der Waals surface area contributed by atoms with Gasteiger partial charge in [0.2, 0.25) is 15.9 Å². The molecular formula is C22H27N7O3S. The van der Waals surface area contributed by atoms with Crippen molar-refractivity contribution in [3.05, 3.63) is 59.7 Å². The Morgan fingerprint density at radius 3 is 2.55 bits per heavy atom. The zero-order chi connectivity index (χ0) is 23.6. The lowest BCUT2D eigenvalue weighted by atomic mass is 9.97. The number of nitrogens with two attached hydrogens (primary N) is 1. The molecular weight excluding hydrogens is 442 g/mol. The molecule has 0 spiro atoms. The van der Waals surface area contributed by atoms with Crippen molar-refractivity contribution in [2.75, 3.05) is 18.0 Å². The lowest BCUT2D eigenvalue weighted by Crippen LogP contribution is -2.43. The van der Waals surface area contributed by atoms with Gasteiger partial charge in [0.15, 0.2) is 5.82 Å². The van der Waals surface area contributed by atoms with E-state index in [1.807, 2.05) is 26.0 Å². The molecule has 1 aromatic carbocycles. The predicted molar refractivity (Wildman–Crippen MR) is 123 cm³/mol. The maximum absolute atomic E-state index is 12.8. The van der Waals surface area contributed by atoms with Crippen LogP contribution in [0.4, 0.5) is 5.82 Å². The van der Waals surface area contributed by atoms with Gasteiger partial charge in [-0.05, 0) is 50.5 Å². The number of primary sulfonamides is 1. The van der Waals surface area contributed by atoms with Crippen LogP contribution in [-0.4, -0.2) is 47.2 Å². The molecule has 0 saturated carbocycles. The van der Waals surface area contributed by atoms with E-state index in [0.717, 1.165) is 42.2 Å². The van der Waals surface area contributed by atoms with Crippen molar-refractivity contribution < 1.29 is 13.2 Å². The van der Waals surface area contributed by atoms with Crippen molar-refractivity contribution >= 4 is 21.7 Å². The van der Waals surface area contributed by atoms with Crippen molar-refractivity contribution in [2.45, 2.75) is 38.1 Å². The minimum absolute atomic E-state index is 0.0388. The standard InChI is InChI=1S/C22H27N7O3S/c1-15-10-16(2)29(27-15)21-11-20(25-14-26-21)28-9-3-4-18(13-28)22(30)24-12-17-5-7-19(8-6-17)33(23,31)32/h5-8,10-11,14,18H,3-4,9,12-13H2,1-2H3,(H,24,30)(H2,23,31,32). The molecule has 4 rings (SSSR count). The van der Waals surface area contributed by atoms with Crippen LogP contribution in [0.25, 0.3) is 5.82 Å². The van der Waals surface area contributed by atoms with E-state index in [1.54, 1.807) is 16.8 Å². The first-order chi connectivity index (χ1) is 15.7. The molecule has 1 aliphatic rings. The van der Waals surface area contributed by atoms with Gasteiger partial charge in [-0.3, -0.25) is 4.79 Å². The lowest BCUT2D eigenvalue weighted by molar-refractivity contribution is -0.125. The highest BCUT2D eigenvalue weighted by molar-refractivity contribution is 7.89. The third kappa shape index (κ3) is 5.37. The Hall–Kier alpha value is -3.31. The third-order valence-electron chi connectivity index (χ3n) is 5.70. The Bertz CT molecular complexity index is 1260. The highest BCUT2D eigenvalue weighted by Gasteiger charge is 2.27. The number of benzene rings is 1. The van der Waals surface area contributed by atoms with E-state index >= 15 is 0 Å². The Morgan fingerprint density at radius 1 is 1.15 bits per heavy atom. The molecule has 1 saturated heterocycles. The van der Waals surface area contributed by atoms with E-state index in [2.05, 4.69) is 25.3 Å². The largest absolute Gasteiger partial charge is 0.356 e. The number of rotatable bonds is 6. The summed E-state index contributed by atoms with van der Waals surface area (Å²) in [4.78, 5) is 23.7. The minimum Gasteiger partial charge on any atom is -0.356 e. The molecule has 0 aliphatic carbocycles. The summed E-state index contributed by atoms with van der Waals surface area (Å²) in [5, 5.41) is 12.6. The van der Waals surface area contributed by atoms with Crippen LogP contribution < -0.4 is 15.4 Å². The monoisotopic (exact) mass is 469 g/mol. The summed E-state index contributed by atoms with van der Waals surface area (Å²) < 4.78 is 24.5. The molecule has 1 amide bonds. The average molecular weight is 470 g/mol. The number of hydrogen-bond donors (Lipinski definition) is 2. The number of piperidine rings is 1. The first-order valence-electron chi connectivity index (χ1n) is 10.7. The zero-order valence-corrected chi connectivity index (χ0v) is 19.4. The van der Waals surface area contributed by atoms with Crippen molar-refractivity contribution in [1.82, 2.24) is 25.1 Å². The number of aryl methyl sites for hydroxylation is 2.